The first-order chi connectivity index (χ1) is 7.62. The minimum absolute atomic E-state index is 0.222. The number of carbonyl (C=O) groups excluding carboxylic acids is 1. The molecule has 1 aromatic heterocycles. The minimum Gasteiger partial charge on any atom is -0.468 e. The lowest BCUT2D eigenvalue weighted by Gasteiger charge is -2.25. The van der Waals surface area contributed by atoms with Crippen LogP contribution >= 0.6 is 0 Å². The molecule has 0 bridgehead atoms. The zero-order valence-corrected chi connectivity index (χ0v) is 10.1. The van der Waals surface area contributed by atoms with Crippen molar-refractivity contribution >= 4 is 5.97 Å². The second-order valence-electron chi connectivity index (χ2n) is 3.98. The van der Waals surface area contributed by atoms with Gasteiger partial charge in [0, 0.05) is 18.9 Å². The van der Waals surface area contributed by atoms with Gasteiger partial charge in [-0.2, -0.15) is 0 Å². The number of nitrogens with one attached hydrogen (secondary N) is 1. The summed E-state index contributed by atoms with van der Waals surface area (Å²) in [6, 6.07) is 0. The fraction of sp³-hybridized carbons (Fsp3) is 0.636. The molecule has 0 amide bonds. The van der Waals surface area contributed by atoms with Gasteiger partial charge in [0.2, 0.25) is 0 Å². The maximum atomic E-state index is 11.6. The summed E-state index contributed by atoms with van der Waals surface area (Å²) in [7, 11) is 3.18. The normalized spacial score (nSPS) is 14.4. The molecule has 1 heterocycles. The van der Waals surface area contributed by atoms with Crippen molar-refractivity contribution in [1.29, 1.82) is 0 Å². The fourth-order valence-corrected chi connectivity index (χ4v) is 1.59. The van der Waals surface area contributed by atoms with Gasteiger partial charge in [0.05, 0.1) is 13.4 Å². The van der Waals surface area contributed by atoms with E-state index in [9.17, 15) is 4.79 Å². The number of likely N-dealkylation sites (N-methyl/N-ethyl adjacent to an activating group) is 1. The molecule has 0 saturated heterocycles. The van der Waals surface area contributed by atoms with Crippen molar-refractivity contribution < 1.29 is 9.53 Å². The minimum atomic E-state index is -0.602. The molecule has 0 saturated carbocycles. The van der Waals surface area contributed by atoms with Crippen LogP contribution in [0.3, 0.4) is 0 Å². The Morgan fingerprint density at radius 2 is 2.38 bits per heavy atom. The molecule has 0 aliphatic carbocycles. The standard InChI is InChI=1S/C11H19N3O2/c1-11(12-2,10(15)16-3)5-4-7-14-8-6-13-9-14/h6,8-9,12H,4-5,7H2,1-3H3. The highest BCUT2D eigenvalue weighted by atomic mass is 16.5. The fourth-order valence-electron chi connectivity index (χ4n) is 1.59. The molecular formula is C11H19N3O2. The van der Waals surface area contributed by atoms with Gasteiger partial charge in [-0.25, -0.2) is 4.98 Å². The first kappa shape index (κ1) is 12.7. The van der Waals surface area contributed by atoms with Gasteiger partial charge in [-0.1, -0.05) is 0 Å². The average Bonchev–Trinajstić information content (AvgIpc) is 2.80. The lowest BCUT2D eigenvalue weighted by atomic mass is 9.96. The number of aryl methyl sites for hydroxylation is 1. The number of imidazole rings is 1. The quantitative estimate of drug-likeness (QED) is 0.728. The van der Waals surface area contributed by atoms with Crippen LogP contribution in [0.2, 0.25) is 0 Å². The lowest BCUT2D eigenvalue weighted by Crippen LogP contribution is -2.48. The number of rotatable bonds is 6. The van der Waals surface area contributed by atoms with E-state index >= 15 is 0 Å². The molecule has 0 aliphatic heterocycles. The lowest BCUT2D eigenvalue weighted by molar-refractivity contribution is -0.148. The summed E-state index contributed by atoms with van der Waals surface area (Å²) in [6.07, 6.45) is 7.05. The van der Waals surface area contributed by atoms with Gasteiger partial charge in [-0.3, -0.25) is 4.79 Å². The van der Waals surface area contributed by atoms with Crippen LogP contribution in [0.4, 0.5) is 0 Å². The molecule has 1 N–H and O–H groups in total. The molecule has 1 aromatic rings. The van der Waals surface area contributed by atoms with Crippen molar-refractivity contribution in [3.8, 4) is 0 Å². The number of ether oxygens (including phenoxy) is 1. The van der Waals surface area contributed by atoms with Crippen LogP contribution in [-0.2, 0) is 16.1 Å². The van der Waals surface area contributed by atoms with Crippen LogP contribution in [0, 0.1) is 0 Å². The Bertz CT molecular complexity index is 324. The van der Waals surface area contributed by atoms with Crippen molar-refractivity contribution in [1.82, 2.24) is 14.9 Å². The molecule has 0 fully saturated rings. The highest BCUT2D eigenvalue weighted by molar-refractivity contribution is 5.80. The Labute approximate surface area is 95.8 Å². The summed E-state index contributed by atoms with van der Waals surface area (Å²) in [5, 5.41) is 3.01. The zero-order valence-electron chi connectivity index (χ0n) is 10.1. The van der Waals surface area contributed by atoms with Gasteiger partial charge in [-0.05, 0) is 26.8 Å². The summed E-state index contributed by atoms with van der Waals surface area (Å²) < 4.78 is 6.77. The van der Waals surface area contributed by atoms with Gasteiger partial charge in [0.1, 0.15) is 5.54 Å². The Balaban J connectivity index is 2.42. The molecule has 5 heteroatoms. The van der Waals surface area contributed by atoms with Crippen molar-refractivity contribution in [3.05, 3.63) is 18.7 Å². The number of aromatic nitrogens is 2. The summed E-state index contributed by atoms with van der Waals surface area (Å²) in [5.74, 6) is -0.222. The molecule has 0 spiro atoms. The second kappa shape index (κ2) is 5.65. The van der Waals surface area contributed by atoms with Crippen LogP contribution in [0.5, 0.6) is 0 Å². The Morgan fingerprint density at radius 1 is 1.62 bits per heavy atom. The van der Waals surface area contributed by atoms with Crippen molar-refractivity contribution in [2.45, 2.75) is 31.8 Å². The summed E-state index contributed by atoms with van der Waals surface area (Å²) >= 11 is 0. The van der Waals surface area contributed by atoms with E-state index < -0.39 is 5.54 Å². The van der Waals surface area contributed by atoms with Crippen molar-refractivity contribution in [2.75, 3.05) is 14.2 Å². The molecule has 0 aliphatic rings. The monoisotopic (exact) mass is 225 g/mol. The summed E-state index contributed by atoms with van der Waals surface area (Å²) in [5.41, 5.74) is -0.602. The molecule has 0 radical (unpaired) electrons. The molecule has 0 aromatic carbocycles. The van der Waals surface area contributed by atoms with E-state index in [0.717, 1.165) is 19.4 Å². The van der Waals surface area contributed by atoms with E-state index in [1.807, 2.05) is 17.7 Å². The van der Waals surface area contributed by atoms with Gasteiger partial charge < -0.3 is 14.6 Å². The highest BCUT2D eigenvalue weighted by Gasteiger charge is 2.31. The third-order valence-electron chi connectivity index (χ3n) is 2.84. The third-order valence-corrected chi connectivity index (χ3v) is 2.84. The van der Waals surface area contributed by atoms with Crippen molar-refractivity contribution in [3.63, 3.8) is 0 Å². The summed E-state index contributed by atoms with van der Waals surface area (Å²) in [6.45, 7) is 2.71. The van der Waals surface area contributed by atoms with Crippen LogP contribution in [0.1, 0.15) is 19.8 Å². The van der Waals surface area contributed by atoms with Gasteiger partial charge in [0.15, 0.2) is 0 Å². The molecule has 1 atom stereocenters. The number of methoxy groups -OCH3 is 1. The number of nitrogens with zero attached hydrogens (tertiary/aromatic N) is 2. The van der Waals surface area contributed by atoms with Crippen LogP contribution < -0.4 is 5.32 Å². The predicted molar refractivity (Wildman–Crippen MR) is 60.9 cm³/mol. The van der Waals surface area contributed by atoms with E-state index in [1.165, 1.54) is 7.11 Å². The largest absolute Gasteiger partial charge is 0.468 e. The second-order valence-corrected chi connectivity index (χ2v) is 3.98. The molecule has 90 valence electrons. The molecule has 16 heavy (non-hydrogen) atoms. The maximum absolute atomic E-state index is 11.6. The molecule has 5 nitrogen and oxygen atoms in total. The van der Waals surface area contributed by atoms with E-state index in [4.69, 9.17) is 4.74 Å². The van der Waals surface area contributed by atoms with E-state index in [-0.39, 0.29) is 5.97 Å². The predicted octanol–water partition coefficient (Wildman–Crippen LogP) is 0.814. The first-order valence-corrected chi connectivity index (χ1v) is 5.35. The average molecular weight is 225 g/mol. The Kier molecular flexibility index (Phi) is 4.49. The van der Waals surface area contributed by atoms with Crippen LogP contribution in [0.15, 0.2) is 18.7 Å². The van der Waals surface area contributed by atoms with Crippen LogP contribution in [0.25, 0.3) is 0 Å². The van der Waals surface area contributed by atoms with Crippen molar-refractivity contribution in [2.24, 2.45) is 0 Å². The first-order valence-electron chi connectivity index (χ1n) is 5.35. The molecule has 1 unspecified atom stereocenters. The van der Waals surface area contributed by atoms with E-state index in [2.05, 4.69) is 10.3 Å². The van der Waals surface area contributed by atoms with Gasteiger partial charge >= 0.3 is 5.97 Å². The number of hydrogen-bond donors (Lipinski definition) is 1. The Hall–Kier alpha value is -1.36. The molecule has 1 rings (SSSR count). The topological polar surface area (TPSA) is 56.2 Å². The van der Waals surface area contributed by atoms with E-state index in [0.29, 0.717) is 0 Å². The third kappa shape index (κ3) is 3.06. The smallest absolute Gasteiger partial charge is 0.325 e. The number of esters is 1. The zero-order chi connectivity index (χ0) is 12.0. The number of hydrogen-bond acceptors (Lipinski definition) is 4. The van der Waals surface area contributed by atoms with E-state index in [1.54, 1.807) is 19.6 Å². The SMILES string of the molecule is CNC(C)(CCCn1ccnc1)C(=O)OC. The highest BCUT2D eigenvalue weighted by Crippen LogP contribution is 2.14. The van der Waals surface area contributed by atoms with Crippen LogP contribution in [-0.4, -0.2) is 35.2 Å². The number of carbonyl (C=O) groups is 1. The van der Waals surface area contributed by atoms with Gasteiger partial charge in [0.25, 0.3) is 0 Å². The van der Waals surface area contributed by atoms with Gasteiger partial charge in [-0.15, -0.1) is 0 Å². The maximum Gasteiger partial charge on any atom is 0.325 e. The molecular weight excluding hydrogens is 206 g/mol. The Morgan fingerprint density at radius 3 is 2.88 bits per heavy atom. The summed E-state index contributed by atoms with van der Waals surface area (Å²) in [4.78, 5) is 15.5.